The molecule has 0 amide bonds. The van der Waals surface area contributed by atoms with Crippen molar-refractivity contribution in [3.8, 4) is 0 Å². The van der Waals surface area contributed by atoms with Crippen LogP contribution in [0, 0.1) is 11.6 Å². The summed E-state index contributed by atoms with van der Waals surface area (Å²) in [5, 5.41) is 3.02. The first kappa shape index (κ1) is 13.1. The van der Waals surface area contributed by atoms with Crippen LogP contribution in [0.25, 0.3) is 0 Å². The van der Waals surface area contributed by atoms with Crippen molar-refractivity contribution in [1.29, 1.82) is 0 Å². The Morgan fingerprint density at radius 3 is 2.38 bits per heavy atom. The summed E-state index contributed by atoms with van der Waals surface area (Å²) >= 11 is 0. The zero-order chi connectivity index (χ0) is 12.0. The molecule has 1 rings (SSSR count). The average Bonchev–Trinajstić information content (AvgIpc) is 2.23. The molecule has 16 heavy (non-hydrogen) atoms. The van der Waals surface area contributed by atoms with Crippen LogP contribution in [0.5, 0.6) is 0 Å². The maximum Gasteiger partial charge on any atom is 0.126 e. The summed E-state index contributed by atoms with van der Waals surface area (Å²) in [7, 11) is 1.76. The van der Waals surface area contributed by atoms with Crippen LogP contribution in [-0.4, -0.2) is 20.3 Å². The van der Waals surface area contributed by atoms with Gasteiger partial charge in [0.1, 0.15) is 11.6 Å². The molecular weight excluding hydrogens is 212 g/mol. The van der Waals surface area contributed by atoms with E-state index in [-0.39, 0.29) is 6.04 Å². The van der Waals surface area contributed by atoms with Crippen molar-refractivity contribution >= 4 is 0 Å². The first-order valence-electron chi connectivity index (χ1n) is 5.38. The van der Waals surface area contributed by atoms with Gasteiger partial charge in [-0.05, 0) is 38.1 Å². The van der Waals surface area contributed by atoms with Crippen LogP contribution in [-0.2, 0) is 4.74 Å². The normalized spacial score (nSPS) is 12.8. The largest absolute Gasteiger partial charge is 0.382 e. The Morgan fingerprint density at radius 2 is 1.88 bits per heavy atom. The molecule has 0 aliphatic carbocycles. The summed E-state index contributed by atoms with van der Waals surface area (Å²) in [4.78, 5) is 0. The van der Waals surface area contributed by atoms with Gasteiger partial charge in [-0.25, -0.2) is 8.78 Å². The van der Waals surface area contributed by atoms with Gasteiger partial charge in [0.05, 0.1) is 0 Å². The van der Waals surface area contributed by atoms with Gasteiger partial charge in [0.25, 0.3) is 0 Å². The first-order valence-corrected chi connectivity index (χ1v) is 5.38. The highest BCUT2D eigenvalue weighted by Gasteiger charge is 2.11. The van der Waals surface area contributed by atoms with E-state index >= 15 is 0 Å². The van der Waals surface area contributed by atoms with Crippen molar-refractivity contribution in [1.82, 2.24) is 5.32 Å². The molecule has 0 aliphatic rings. The Balaban J connectivity index is 2.70. The predicted molar refractivity (Wildman–Crippen MR) is 59.3 cm³/mol. The van der Waals surface area contributed by atoms with E-state index in [0.717, 1.165) is 6.07 Å². The number of hydrogen-bond donors (Lipinski definition) is 1. The lowest BCUT2D eigenvalue weighted by Crippen LogP contribution is -2.18. The Morgan fingerprint density at radius 1 is 1.25 bits per heavy atom. The van der Waals surface area contributed by atoms with E-state index in [1.807, 2.05) is 6.92 Å². The van der Waals surface area contributed by atoms with Gasteiger partial charge in [-0.1, -0.05) is 0 Å². The van der Waals surface area contributed by atoms with Gasteiger partial charge in [0.15, 0.2) is 0 Å². The molecule has 2 nitrogen and oxygen atoms in total. The zero-order valence-electron chi connectivity index (χ0n) is 9.59. The van der Waals surface area contributed by atoms with Crippen molar-refractivity contribution < 1.29 is 13.5 Å². The average molecular weight is 229 g/mol. The van der Waals surface area contributed by atoms with Gasteiger partial charge in [-0.2, -0.15) is 0 Å². The Labute approximate surface area is 94.6 Å². The lowest BCUT2D eigenvalue weighted by atomic mass is 10.0. The quantitative estimate of drug-likeness (QED) is 0.757. The molecule has 0 saturated heterocycles. The lowest BCUT2D eigenvalue weighted by Gasteiger charge is -2.16. The molecule has 90 valence electrons. The van der Waals surface area contributed by atoms with Gasteiger partial charge in [-0.3, -0.25) is 0 Å². The van der Waals surface area contributed by atoms with E-state index in [1.165, 1.54) is 12.1 Å². The van der Waals surface area contributed by atoms with Crippen LogP contribution in [0.3, 0.4) is 0 Å². The maximum atomic E-state index is 13.0. The number of nitrogens with one attached hydrogen (secondary N) is 1. The topological polar surface area (TPSA) is 21.3 Å². The van der Waals surface area contributed by atoms with Gasteiger partial charge in [-0.15, -0.1) is 0 Å². The Hall–Kier alpha value is -1.00. The SMILES string of the molecule is CCOCCC(NC)c1cc(F)cc(F)c1. The predicted octanol–water partition coefficient (Wildman–Crippen LogP) is 2.65. The number of hydrogen-bond acceptors (Lipinski definition) is 2. The van der Waals surface area contributed by atoms with E-state index in [4.69, 9.17) is 4.74 Å². The molecule has 4 heteroatoms. The lowest BCUT2D eigenvalue weighted by molar-refractivity contribution is 0.137. The highest BCUT2D eigenvalue weighted by Crippen LogP contribution is 2.19. The minimum Gasteiger partial charge on any atom is -0.382 e. The van der Waals surface area contributed by atoms with E-state index < -0.39 is 11.6 Å². The summed E-state index contributed by atoms with van der Waals surface area (Å²) in [6.45, 7) is 3.13. The fraction of sp³-hybridized carbons (Fsp3) is 0.500. The van der Waals surface area contributed by atoms with E-state index in [2.05, 4.69) is 5.32 Å². The zero-order valence-corrected chi connectivity index (χ0v) is 9.59. The van der Waals surface area contributed by atoms with Crippen molar-refractivity contribution in [2.75, 3.05) is 20.3 Å². The van der Waals surface area contributed by atoms with E-state index in [1.54, 1.807) is 7.05 Å². The minimum absolute atomic E-state index is 0.0863. The molecule has 0 aliphatic heterocycles. The summed E-state index contributed by atoms with van der Waals surface area (Å²) in [6.07, 6.45) is 0.688. The van der Waals surface area contributed by atoms with Gasteiger partial charge >= 0.3 is 0 Å². The fourth-order valence-electron chi connectivity index (χ4n) is 1.60. The Bertz CT molecular complexity index is 311. The van der Waals surface area contributed by atoms with Crippen LogP contribution in [0.4, 0.5) is 8.78 Å². The van der Waals surface area contributed by atoms with Gasteiger partial charge in [0, 0.05) is 25.3 Å². The molecule has 1 aromatic rings. The summed E-state index contributed by atoms with van der Waals surface area (Å²) < 4.78 is 31.2. The maximum absolute atomic E-state index is 13.0. The van der Waals surface area contributed by atoms with E-state index in [9.17, 15) is 8.78 Å². The second kappa shape index (κ2) is 6.55. The molecule has 0 heterocycles. The van der Waals surface area contributed by atoms with Crippen LogP contribution >= 0.6 is 0 Å². The molecule has 1 unspecified atom stereocenters. The molecule has 0 radical (unpaired) electrons. The summed E-state index contributed by atoms with van der Waals surface area (Å²) in [5.74, 6) is -1.10. The van der Waals surface area contributed by atoms with Gasteiger partial charge in [0.2, 0.25) is 0 Å². The van der Waals surface area contributed by atoms with Crippen LogP contribution in [0.2, 0.25) is 0 Å². The Kier molecular flexibility index (Phi) is 5.35. The third-order valence-electron chi connectivity index (χ3n) is 2.39. The fourth-order valence-corrected chi connectivity index (χ4v) is 1.60. The molecule has 0 spiro atoms. The summed E-state index contributed by atoms with van der Waals surface area (Å²) in [5.41, 5.74) is 0.611. The third kappa shape index (κ3) is 3.87. The van der Waals surface area contributed by atoms with Crippen LogP contribution in [0.1, 0.15) is 24.9 Å². The molecule has 0 fully saturated rings. The summed E-state index contributed by atoms with van der Waals surface area (Å²) in [6, 6.07) is 3.47. The second-order valence-corrected chi connectivity index (χ2v) is 3.53. The van der Waals surface area contributed by atoms with Crippen molar-refractivity contribution in [3.63, 3.8) is 0 Å². The molecule has 0 aromatic heterocycles. The molecule has 0 bridgehead atoms. The molecule has 1 atom stereocenters. The van der Waals surface area contributed by atoms with Gasteiger partial charge < -0.3 is 10.1 Å². The molecule has 1 N–H and O–H groups in total. The second-order valence-electron chi connectivity index (χ2n) is 3.53. The third-order valence-corrected chi connectivity index (χ3v) is 2.39. The van der Waals surface area contributed by atoms with Crippen LogP contribution < -0.4 is 5.32 Å². The highest BCUT2D eigenvalue weighted by molar-refractivity contribution is 5.21. The smallest absolute Gasteiger partial charge is 0.126 e. The molecular formula is C12H17F2NO. The molecule has 0 saturated carbocycles. The number of halogens is 2. The van der Waals surface area contributed by atoms with Crippen LogP contribution in [0.15, 0.2) is 18.2 Å². The number of ether oxygens (including phenoxy) is 1. The van der Waals surface area contributed by atoms with Crippen molar-refractivity contribution in [2.24, 2.45) is 0 Å². The first-order chi connectivity index (χ1) is 7.67. The van der Waals surface area contributed by atoms with E-state index in [0.29, 0.717) is 25.2 Å². The minimum atomic E-state index is -0.549. The van der Waals surface area contributed by atoms with Crippen molar-refractivity contribution in [3.05, 3.63) is 35.4 Å². The monoisotopic (exact) mass is 229 g/mol. The standard InChI is InChI=1S/C12H17F2NO/c1-3-16-5-4-12(15-2)9-6-10(13)8-11(14)7-9/h6-8,12,15H,3-5H2,1-2H3. The number of rotatable bonds is 6. The number of benzene rings is 1. The molecule has 1 aromatic carbocycles. The highest BCUT2D eigenvalue weighted by atomic mass is 19.1. The van der Waals surface area contributed by atoms with Crippen molar-refractivity contribution in [2.45, 2.75) is 19.4 Å².